The van der Waals surface area contributed by atoms with Crippen LogP contribution in [0.2, 0.25) is 0 Å². The number of likely N-dealkylation sites (tertiary alicyclic amines) is 1. The van der Waals surface area contributed by atoms with Crippen molar-refractivity contribution in [3.8, 4) is 0 Å². The van der Waals surface area contributed by atoms with Gasteiger partial charge in [0.2, 0.25) is 5.91 Å². The molecule has 3 atom stereocenters. The Morgan fingerprint density at radius 2 is 2.12 bits per heavy atom. The van der Waals surface area contributed by atoms with E-state index in [0.717, 1.165) is 31.5 Å². The molecule has 3 N–H and O–H groups in total. The minimum atomic E-state index is -0.240. The summed E-state index contributed by atoms with van der Waals surface area (Å²) in [5.41, 5.74) is 9.35. The lowest BCUT2D eigenvalue weighted by atomic mass is 9.87. The third-order valence-corrected chi connectivity index (χ3v) is 6.44. The number of amides is 1. The summed E-state index contributed by atoms with van der Waals surface area (Å²) in [4.78, 5) is 15.9. The maximum atomic E-state index is 11.2. The first-order chi connectivity index (χ1) is 12.1. The van der Waals surface area contributed by atoms with E-state index in [0.29, 0.717) is 12.6 Å². The van der Waals surface area contributed by atoms with E-state index in [-0.39, 0.29) is 5.91 Å². The summed E-state index contributed by atoms with van der Waals surface area (Å²) in [6.07, 6.45) is 6.30. The normalized spacial score (nSPS) is 29.9. The second-order valence-electron chi connectivity index (χ2n) is 8.09. The Labute approximate surface area is 150 Å². The van der Waals surface area contributed by atoms with Gasteiger partial charge in [0.05, 0.1) is 6.54 Å². The van der Waals surface area contributed by atoms with Gasteiger partial charge < -0.3 is 16.0 Å². The number of hydrogen-bond donors (Lipinski definition) is 2. The maximum Gasteiger partial charge on any atom is 0.231 e. The van der Waals surface area contributed by atoms with Crippen LogP contribution in [0.5, 0.6) is 0 Å². The number of nitrogens with zero attached hydrogens (tertiary/aromatic N) is 2. The van der Waals surface area contributed by atoms with Gasteiger partial charge in [0, 0.05) is 37.4 Å². The lowest BCUT2D eigenvalue weighted by molar-refractivity contribution is -0.119. The molecule has 5 heteroatoms. The summed E-state index contributed by atoms with van der Waals surface area (Å²) in [6.45, 7) is 3.29. The van der Waals surface area contributed by atoms with Gasteiger partial charge in [0.1, 0.15) is 0 Å². The molecule has 1 aromatic carbocycles. The Morgan fingerprint density at radius 3 is 2.96 bits per heavy atom. The van der Waals surface area contributed by atoms with Crippen LogP contribution in [-0.2, 0) is 17.8 Å². The summed E-state index contributed by atoms with van der Waals surface area (Å²) < 4.78 is 0. The second-order valence-corrected chi connectivity index (χ2v) is 8.09. The third kappa shape index (κ3) is 3.53. The van der Waals surface area contributed by atoms with Gasteiger partial charge in [-0.25, -0.2) is 0 Å². The molecule has 0 bridgehead atoms. The highest BCUT2D eigenvalue weighted by atomic mass is 16.1. The minimum absolute atomic E-state index is 0.240. The molecule has 0 unspecified atom stereocenters. The number of nitrogens with two attached hydrogens (primary N) is 1. The molecule has 0 radical (unpaired) electrons. The van der Waals surface area contributed by atoms with Crippen molar-refractivity contribution in [1.82, 2.24) is 9.80 Å². The van der Waals surface area contributed by atoms with Gasteiger partial charge in [-0.05, 0) is 61.9 Å². The van der Waals surface area contributed by atoms with E-state index in [9.17, 15) is 4.79 Å². The lowest BCUT2D eigenvalue weighted by Gasteiger charge is -2.41. The molecule has 2 fully saturated rings. The van der Waals surface area contributed by atoms with E-state index in [4.69, 9.17) is 5.73 Å². The number of piperidine rings is 1. The van der Waals surface area contributed by atoms with E-state index >= 15 is 0 Å². The van der Waals surface area contributed by atoms with Crippen LogP contribution >= 0.6 is 0 Å². The molecule has 25 heavy (non-hydrogen) atoms. The Bertz CT molecular complexity index is 647. The zero-order valence-electron chi connectivity index (χ0n) is 15.2. The Balaban J connectivity index is 1.46. The first-order valence-corrected chi connectivity index (χ1v) is 9.69. The highest BCUT2D eigenvalue weighted by Crippen LogP contribution is 2.37. The number of rotatable bonds is 4. The van der Waals surface area contributed by atoms with Crippen LogP contribution in [-0.4, -0.2) is 54.5 Å². The quantitative estimate of drug-likeness (QED) is 0.876. The number of nitrogens with one attached hydrogen (secondary N) is 1. The van der Waals surface area contributed by atoms with Crippen LogP contribution in [0.25, 0.3) is 0 Å². The van der Waals surface area contributed by atoms with Crippen molar-refractivity contribution >= 4 is 11.6 Å². The fourth-order valence-corrected chi connectivity index (χ4v) is 5.16. The zero-order valence-corrected chi connectivity index (χ0v) is 15.2. The van der Waals surface area contributed by atoms with Gasteiger partial charge in [-0.1, -0.05) is 12.5 Å². The number of primary amides is 1. The molecular weight excluding hydrogens is 312 g/mol. The maximum absolute atomic E-state index is 11.2. The third-order valence-electron chi connectivity index (χ3n) is 6.44. The summed E-state index contributed by atoms with van der Waals surface area (Å²) in [6, 6.07) is 8.15. The Kier molecular flexibility index (Phi) is 4.69. The summed E-state index contributed by atoms with van der Waals surface area (Å²) in [5.74, 6) is 0.539. The molecule has 0 spiro atoms. The second kappa shape index (κ2) is 6.96. The average molecular weight is 342 g/mol. The molecule has 0 aromatic heterocycles. The Hall–Kier alpha value is -1.59. The summed E-state index contributed by atoms with van der Waals surface area (Å²) >= 11 is 0. The van der Waals surface area contributed by atoms with Gasteiger partial charge in [-0.15, -0.1) is 0 Å². The van der Waals surface area contributed by atoms with Crippen molar-refractivity contribution in [2.45, 2.75) is 50.7 Å². The van der Waals surface area contributed by atoms with Crippen molar-refractivity contribution in [2.75, 3.05) is 32.0 Å². The number of fused-ring (bicyclic) bond motifs is 2. The van der Waals surface area contributed by atoms with Crippen molar-refractivity contribution < 1.29 is 4.79 Å². The number of benzene rings is 1. The summed E-state index contributed by atoms with van der Waals surface area (Å²) in [7, 11) is 2.28. The molecule has 1 saturated carbocycles. The first-order valence-electron chi connectivity index (χ1n) is 9.69. The minimum Gasteiger partial charge on any atom is -0.382 e. The van der Waals surface area contributed by atoms with Gasteiger partial charge in [0.25, 0.3) is 0 Å². The number of anilines is 1. The average Bonchev–Trinajstić information content (AvgIpc) is 3.07. The van der Waals surface area contributed by atoms with E-state index < -0.39 is 0 Å². The van der Waals surface area contributed by atoms with Crippen LogP contribution in [0.1, 0.15) is 36.8 Å². The van der Waals surface area contributed by atoms with Crippen molar-refractivity contribution in [2.24, 2.45) is 11.7 Å². The predicted molar refractivity (Wildman–Crippen MR) is 100 cm³/mol. The number of carbonyl (C=O) groups excluding carboxylic acids is 1. The molecule has 3 aliphatic rings. The lowest BCUT2D eigenvalue weighted by Crippen LogP contribution is -2.49. The topological polar surface area (TPSA) is 61.6 Å². The van der Waals surface area contributed by atoms with E-state index in [1.54, 1.807) is 0 Å². The first kappa shape index (κ1) is 16.9. The van der Waals surface area contributed by atoms with E-state index in [1.807, 2.05) is 0 Å². The molecule has 1 aliphatic carbocycles. The fraction of sp³-hybridized carbons (Fsp3) is 0.650. The fourth-order valence-electron chi connectivity index (χ4n) is 5.16. The van der Waals surface area contributed by atoms with Crippen molar-refractivity contribution in [3.63, 3.8) is 0 Å². The molecule has 1 aromatic rings. The smallest absolute Gasteiger partial charge is 0.231 e. The molecule has 136 valence electrons. The van der Waals surface area contributed by atoms with Crippen molar-refractivity contribution in [1.29, 1.82) is 0 Å². The highest BCUT2D eigenvalue weighted by molar-refractivity contribution is 5.76. The molecule has 1 amide bonds. The van der Waals surface area contributed by atoms with Gasteiger partial charge in [-0.3, -0.25) is 9.69 Å². The predicted octanol–water partition coefficient (Wildman–Crippen LogP) is 1.81. The molecule has 4 rings (SSSR count). The highest BCUT2D eigenvalue weighted by Gasteiger charge is 2.39. The Morgan fingerprint density at radius 1 is 1.24 bits per heavy atom. The SMILES string of the molecule is CN1CC[C@H](Nc2ccc3c(c2)CN(CC(N)=O)CC3)[C@@H]2CCC[C@H]21. The van der Waals surface area contributed by atoms with Crippen LogP contribution in [0.3, 0.4) is 0 Å². The number of carbonyl (C=O) groups is 1. The van der Waals surface area contributed by atoms with Crippen molar-refractivity contribution in [3.05, 3.63) is 29.3 Å². The van der Waals surface area contributed by atoms with Crippen LogP contribution in [0.4, 0.5) is 5.69 Å². The van der Waals surface area contributed by atoms with E-state index in [1.165, 1.54) is 49.0 Å². The van der Waals surface area contributed by atoms with Crippen LogP contribution in [0, 0.1) is 5.92 Å². The molecule has 2 aliphatic heterocycles. The van der Waals surface area contributed by atoms with E-state index in [2.05, 4.69) is 40.4 Å². The number of hydrogen-bond acceptors (Lipinski definition) is 4. The van der Waals surface area contributed by atoms with Gasteiger partial charge in [0.15, 0.2) is 0 Å². The zero-order chi connectivity index (χ0) is 17.4. The monoisotopic (exact) mass is 342 g/mol. The molecule has 5 nitrogen and oxygen atoms in total. The molecule has 2 heterocycles. The van der Waals surface area contributed by atoms with Crippen LogP contribution in [0.15, 0.2) is 18.2 Å². The van der Waals surface area contributed by atoms with Crippen LogP contribution < -0.4 is 11.1 Å². The molecule has 1 saturated heterocycles. The van der Waals surface area contributed by atoms with Gasteiger partial charge in [-0.2, -0.15) is 0 Å². The standard InChI is InChI=1S/C20H30N4O/c1-23-9-8-18(17-3-2-4-19(17)23)22-16-6-5-14-7-10-24(13-20(21)25)12-15(14)11-16/h5-6,11,17-19,22H,2-4,7-10,12-13H2,1H3,(H2,21,25)/t17-,18-,19+/m0/s1. The summed E-state index contributed by atoms with van der Waals surface area (Å²) in [5, 5.41) is 3.84. The largest absolute Gasteiger partial charge is 0.382 e. The molecular formula is C20H30N4O. The van der Waals surface area contributed by atoms with Gasteiger partial charge >= 0.3 is 0 Å².